The number of nitrogens with two attached hydrogens (primary N) is 4. The van der Waals surface area contributed by atoms with Gasteiger partial charge in [0.1, 0.15) is 0 Å². The van der Waals surface area contributed by atoms with E-state index in [4.69, 9.17) is 40.5 Å². The van der Waals surface area contributed by atoms with E-state index in [1.54, 1.807) is 12.2 Å². The van der Waals surface area contributed by atoms with Crippen molar-refractivity contribution in [2.45, 2.75) is 0 Å². The Morgan fingerprint density at radius 3 is 1.21 bits per heavy atom. The van der Waals surface area contributed by atoms with E-state index < -0.39 is 10.4 Å². The quantitative estimate of drug-likeness (QED) is 0.151. The first-order valence-electron chi connectivity index (χ1n) is 4.57. The second-order valence-corrected chi connectivity index (χ2v) is 3.45. The molecule has 19 heavy (non-hydrogen) atoms. The van der Waals surface area contributed by atoms with Gasteiger partial charge in [0.15, 0.2) is 11.9 Å². The largest absolute Gasteiger partial charge is 0.394 e. The summed E-state index contributed by atoms with van der Waals surface area (Å²) >= 11 is 0. The number of nitrogens with zero attached hydrogens (tertiary/aromatic N) is 2. The van der Waals surface area contributed by atoms with E-state index in [2.05, 4.69) is 23.1 Å². The van der Waals surface area contributed by atoms with Crippen LogP contribution in [0.4, 0.5) is 0 Å². The van der Waals surface area contributed by atoms with E-state index >= 15 is 0 Å². The van der Waals surface area contributed by atoms with Crippen molar-refractivity contribution in [2.75, 3.05) is 13.1 Å². The lowest BCUT2D eigenvalue weighted by atomic mass is 10.6. The third-order valence-electron chi connectivity index (χ3n) is 0.806. The van der Waals surface area contributed by atoms with E-state index in [1.165, 1.54) is 0 Å². The third-order valence-corrected chi connectivity index (χ3v) is 0.806. The molecule has 0 bridgehead atoms. The van der Waals surface area contributed by atoms with Gasteiger partial charge in [-0.3, -0.25) is 9.11 Å². The molecule has 0 saturated carbocycles. The van der Waals surface area contributed by atoms with Crippen LogP contribution in [0.1, 0.15) is 0 Å². The first-order valence-corrected chi connectivity index (χ1v) is 5.96. The summed E-state index contributed by atoms with van der Waals surface area (Å²) in [7, 11) is -4.67. The summed E-state index contributed by atoms with van der Waals surface area (Å²) in [6.07, 6.45) is 3.25. The number of rotatable bonds is 4. The van der Waals surface area contributed by atoms with Gasteiger partial charge in [-0.15, -0.1) is 13.2 Å². The normalized spacial score (nSPS) is 8.53. The van der Waals surface area contributed by atoms with Gasteiger partial charge in [0.2, 0.25) is 0 Å². The Hall–Kier alpha value is -2.11. The number of hydrogen-bond acceptors (Lipinski definition) is 4. The molecule has 0 saturated heterocycles. The van der Waals surface area contributed by atoms with Crippen molar-refractivity contribution in [3.63, 3.8) is 0 Å². The highest BCUT2D eigenvalue weighted by Gasteiger charge is 1.84. The predicted octanol–water partition coefficient (Wildman–Crippen LogP) is -1.76. The summed E-state index contributed by atoms with van der Waals surface area (Å²) in [6, 6.07) is 0. The van der Waals surface area contributed by atoms with Crippen molar-refractivity contribution < 1.29 is 17.5 Å². The second-order valence-electron chi connectivity index (χ2n) is 2.56. The van der Waals surface area contributed by atoms with Crippen molar-refractivity contribution in [1.29, 1.82) is 0 Å². The molecular weight excluding hydrogens is 276 g/mol. The molecule has 10 nitrogen and oxygen atoms in total. The lowest BCUT2D eigenvalue weighted by Crippen LogP contribution is -2.22. The van der Waals surface area contributed by atoms with Crippen LogP contribution in [0, 0.1) is 0 Å². The molecule has 0 atom stereocenters. The zero-order valence-corrected chi connectivity index (χ0v) is 11.1. The summed E-state index contributed by atoms with van der Waals surface area (Å²) in [5, 5.41) is 0. The van der Waals surface area contributed by atoms with Crippen LogP contribution in [0.5, 0.6) is 0 Å². The molecule has 0 amide bonds. The van der Waals surface area contributed by atoms with E-state index in [0.29, 0.717) is 13.1 Å². The average Bonchev–Trinajstić information content (AvgIpc) is 2.22. The molecule has 0 rings (SSSR count). The van der Waals surface area contributed by atoms with Gasteiger partial charge < -0.3 is 22.9 Å². The Balaban J connectivity index is -0.000000206. The molecule has 0 aliphatic carbocycles. The second kappa shape index (κ2) is 14.0. The molecule has 0 radical (unpaired) electrons. The first kappa shape index (κ1) is 22.1. The highest BCUT2D eigenvalue weighted by Crippen LogP contribution is 1.65. The van der Waals surface area contributed by atoms with Crippen LogP contribution in [-0.2, 0) is 10.4 Å². The van der Waals surface area contributed by atoms with Crippen molar-refractivity contribution in [3.8, 4) is 0 Å². The monoisotopic (exact) mass is 296 g/mol. The van der Waals surface area contributed by atoms with Crippen LogP contribution in [0.25, 0.3) is 0 Å². The fourth-order valence-electron chi connectivity index (χ4n) is 0.340. The Kier molecular flexibility index (Phi) is 16.2. The number of hydrogen-bond donors (Lipinski definition) is 6. The van der Waals surface area contributed by atoms with Crippen LogP contribution in [0.3, 0.4) is 0 Å². The average molecular weight is 296 g/mol. The summed E-state index contributed by atoms with van der Waals surface area (Å²) in [6.45, 7) is 7.83. The van der Waals surface area contributed by atoms with Gasteiger partial charge in [-0.2, -0.15) is 8.42 Å². The molecular formula is C8H20N6O4S. The molecule has 11 heteroatoms. The maximum atomic E-state index is 8.74. The predicted molar refractivity (Wildman–Crippen MR) is 75.9 cm³/mol. The van der Waals surface area contributed by atoms with Gasteiger partial charge in [-0.25, -0.2) is 9.98 Å². The molecule has 0 aromatic rings. The van der Waals surface area contributed by atoms with Crippen molar-refractivity contribution in [1.82, 2.24) is 0 Å². The zero-order valence-electron chi connectivity index (χ0n) is 10.3. The van der Waals surface area contributed by atoms with Gasteiger partial charge >= 0.3 is 10.4 Å². The summed E-state index contributed by atoms with van der Waals surface area (Å²) in [4.78, 5) is 7.19. The highest BCUT2D eigenvalue weighted by atomic mass is 32.3. The maximum Gasteiger partial charge on any atom is 0.394 e. The number of aliphatic imine (C=N–C) groups is 2. The fraction of sp³-hybridized carbons (Fsp3) is 0.250. The maximum absolute atomic E-state index is 8.74. The summed E-state index contributed by atoms with van der Waals surface area (Å²) in [5.41, 5.74) is 19.8. The van der Waals surface area contributed by atoms with E-state index in [0.717, 1.165) is 0 Å². The molecule has 0 aliphatic heterocycles. The molecule has 0 aromatic carbocycles. The van der Waals surface area contributed by atoms with Crippen molar-refractivity contribution >= 4 is 22.3 Å². The molecule has 112 valence electrons. The summed E-state index contributed by atoms with van der Waals surface area (Å²) < 4.78 is 31.6. The van der Waals surface area contributed by atoms with E-state index in [9.17, 15) is 0 Å². The highest BCUT2D eigenvalue weighted by molar-refractivity contribution is 7.79. The van der Waals surface area contributed by atoms with Crippen LogP contribution >= 0.6 is 0 Å². The van der Waals surface area contributed by atoms with Crippen LogP contribution < -0.4 is 22.9 Å². The molecule has 0 fully saturated rings. The van der Waals surface area contributed by atoms with Crippen molar-refractivity contribution in [3.05, 3.63) is 25.3 Å². The Labute approximate surface area is 112 Å². The first-order chi connectivity index (χ1) is 8.54. The van der Waals surface area contributed by atoms with Gasteiger partial charge in [0.05, 0.1) is 13.1 Å². The van der Waals surface area contributed by atoms with Crippen LogP contribution in [0.2, 0.25) is 0 Å². The Morgan fingerprint density at radius 2 is 1.16 bits per heavy atom. The molecule has 0 spiro atoms. The minimum Gasteiger partial charge on any atom is -0.370 e. The van der Waals surface area contributed by atoms with Gasteiger partial charge in [-0.05, 0) is 0 Å². The SMILES string of the molecule is C=CCN=C(N)N.C=CCN=C(N)N.O=S(=O)(O)O. The Morgan fingerprint density at radius 1 is 0.947 bits per heavy atom. The fourth-order valence-corrected chi connectivity index (χ4v) is 0.340. The zero-order chi connectivity index (χ0) is 15.9. The third kappa shape index (κ3) is 88.4. The minimum absolute atomic E-state index is 0.111. The minimum atomic E-state index is -4.67. The summed E-state index contributed by atoms with van der Waals surface area (Å²) in [5.74, 6) is 0.222. The molecule has 0 heterocycles. The topological polar surface area (TPSA) is 203 Å². The lowest BCUT2D eigenvalue weighted by Gasteiger charge is -1.83. The molecule has 0 aliphatic rings. The van der Waals surface area contributed by atoms with Gasteiger partial charge in [0.25, 0.3) is 0 Å². The molecule has 0 unspecified atom stereocenters. The smallest absolute Gasteiger partial charge is 0.370 e. The van der Waals surface area contributed by atoms with Gasteiger partial charge in [0, 0.05) is 0 Å². The Bertz CT molecular complexity index is 363. The van der Waals surface area contributed by atoms with Crippen molar-refractivity contribution in [2.24, 2.45) is 32.9 Å². The van der Waals surface area contributed by atoms with E-state index in [-0.39, 0.29) is 11.9 Å². The molecule has 0 aromatic heterocycles. The van der Waals surface area contributed by atoms with Crippen LogP contribution in [0.15, 0.2) is 35.3 Å². The van der Waals surface area contributed by atoms with E-state index in [1.807, 2.05) is 0 Å². The molecule has 10 N–H and O–H groups in total. The standard InChI is InChI=1S/2C4H9N3.H2O4S/c2*1-2-3-7-4(5)6;1-5(2,3)4/h2*2H,1,3H2,(H4,5,6,7);(H2,1,2,3,4). The van der Waals surface area contributed by atoms with Crippen LogP contribution in [-0.4, -0.2) is 42.5 Å². The lowest BCUT2D eigenvalue weighted by molar-refractivity contribution is 0.381. The van der Waals surface area contributed by atoms with Gasteiger partial charge in [-0.1, -0.05) is 12.2 Å². The number of guanidine groups is 2.